The summed E-state index contributed by atoms with van der Waals surface area (Å²) < 4.78 is 5.12. The van der Waals surface area contributed by atoms with Crippen LogP contribution in [-0.2, 0) is 0 Å². The quantitative estimate of drug-likeness (QED) is 0.833. The molecule has 1 aromatic rings. The van der Waals surface area contributed by atoms with E-state index in [4.69, 9.17) is 27.3 Å². The molecule has 74 valence electrons. The van der Waals surface area contributed by atoms with Crippen molar-refractivity contribution in [3.63, 3.8) is 0 Å². The molecule has 3 nitrogen and oxygen atoms in total. The summed E-state index contributed by atoms with van der Waals surface area (Å²) >= 11 is 5.79. The molecule has 0 unspecified atom stereocenters. The van der Waals surface area contributed by atoms with E-state index in [0.717, 1.165) is 5.56 Å². The largest absolute Gasteiger partial charge is 0.496 e. The van der Waals surface area contributed by atoms with Crippen molar-refractivity contribution < 1.29 is 4.74 Å². The van der Waals surface area contributed by atoms with Gasteiger partial charge in [-0.05, 0) is 12.1 Å². The third-order valence-corrected chi connectivity index (χ3v) is 2.14. The van der Waals surface area contributed by atoms with Gasteiger partial charge in [-0.2, -0.15) is 5.26 Å². The van der Waals surface area contributed by atoms with Crippen molar-refractivity contribution in [3.05, 3.63) is 28.8 Å². The maximum atomic E-state index is 8.52. The van der Waals surface area contributed by atoms with Crippen LogP contribution in [0.4, 0.5) is 0 Å². The zero-order valence-corrected chi connectivity index (χ0v) is 8.58. The number of halogens is 1. The summed E-state index contributed by atoms with van der Waals surface area (Å²) in [6.07, 6.45) is 0.262. The summed E-state index contributed by atoms with van der Waals surface area (Å²) in [6.45, 7) is 0. The van der Waals surface area contributed by atoms with Gasteiger partial charge in [0.25, 0.3) is 0 Å². The minimum absolute atomic E-state index is 0.262. The molecule has 0 radical (unpaired) electrons. The molecule has 0 fully saturated rings. The number of ether oxygens (including phenoxy) is 1. The van der Waals surface area contributed by atoms with Crippen molar-refractivity contribution in [2.45, 2.75) is 12.5 Å². The molecule has 0 amide bonds. The highest BCUT2D eigenvalue weighted by Crippen LogP contribution is 2.28. The van der Waals surface area contributed by atoms with Gasteiger partial charge in [-0.15, -0.1) is 0 Å². The number of hydrogen-bond acceptors (Lipinski definition) is 3. The summed E-state index contributed by atoms with van der Waals surface area (Å²) in [5, 5.41) is 9.11. The average molecular weight is 211 g/mol. The van der Waals surface area contributed by atoms with E-state index < -0.39 is 0 Å². The van der Waals surface area contributed by atoms with E-state index in [2.05, 4.69) is 0 Å². The van der Waals surface area contributed by atoms with Crippen molar-refractivity contribution in [1.29, 1.82) is 5.26 Å². The van der Waals surface area contributed by atoms with E-state index in [0.29, 0.717) is 10.8 Å². The normalized spacial score (nSPS) is 11.9. The first-order valence-corrected chi connectivity index (χ1v) is 4.52. The van der Waals surface area contributed by atoms with Gasteiger partial charge in [-0.3, -0.25) is 0 Å². The van der Waals surface area contributed by atoms with Crippen molar-refractivity contribution >= 4 is 11.6 Å². The lowest BCUT2D eigenvalue weighted by Crippen LogP contribution is -2.10. The molecule has 14 heavy (non-hydrogen) atoms. The van der Waals surface area contributed by atoms with E-state index in [1.54, 1.807) is 25.3 Å². The molecule has 0 saturated carbocycles. The molecule has 0 bridgehead atoms. The Morgan fingerprint density at radius 2 is 2.36 bits per heavy atom. The Morgan fingerprint density at radius 3 is 2.93 bits per heavy atom. The molecule has 0 aliphatic carbocycles. The highest BCUT2D eigenvalue weighted by Gasteiger charge is 2.11. The molecule has 1 rings (SSSR count). The number of nitriles is 1. The Kier molecular flexibility index (Phi) is 3.75. The average Bonchev–Trinajstić information content (AvgIpc) is 2.17. The Morgan fingerprint density at radius 1 is 1.64 bits per heavy atom. The standard InChI is InChI=1S/C10H11ClN2O/c1-14-10-6-7(11)2-3-8(10)9(13)4-5-12/h2-3,6,9H,4,13H2,1H3/t9-/m1/s1. The zero-order chi connectivity index (χ0) is 10.6. The molecule has 4 heteroatoms. The van der Waals surface area contributed by atoms with Gasteiger partial charge in [-0.25, -0.2) is 0 Å². The van der Waals surface area contributed by atoms with Crippen molar-refractivity contribution in [2.75, 3.05) is 7.11 Å². The van der Waals surface area contributed by atoms with Gasteiger partial charge in [0.05, 0.1) is 19.6 Å². The van der Waals surface area contributed by atoms with E-state index in [-0.39, 0.29) is 12.5 Å². The summed E-state index contributed by atoms with van der Waals surface area (Å²) in [4.78, 5) is 0. The van der Waals surface area contributed by atoms with Gasteiger partial charge < -0.3 is 10.5 Å². The first-order chi connectivity index (χ1) is 6.69. The first-order valence-electron chi connectivity index (χ1n) is 4.15. The van der Waals surface area contributed by atoms with Crippen LogP contribution in [0.5, 0.6) is 5.75 Å². The second-order valence-electron chi connectivity index (χ2n) is 2.86. The van der Waals surface area contributed by atoms with Gasteiger partial charge in [0, 0.05) is 16.6 Å². The van der Waals surface area contributed by atoms with Gasteiger partial charge in [0.1, 0.15) is 5.75 Å². The maximum Gasteiger partial charge on any atom is 0.125 e. The van der Waals surface area contributed by atoms with Crippen LogP contribution in [0.15, 0.2) is 18.2 Å². The van der Waals surface area contributed by atoms with E-state index in [9.17, 15) is 0 Å². The molecule has 1 atom stereocenters. The third kappa shape index (κ3) is 2.38. The van der Waals surface area contributed by atoms with Crippen LogP contribution in [0.25, 0.3) is 0 Å². The third-order valence-electron chi connectivity index (χ3n) is 1.91. The minimum Gasteiger partial charge on any atom is -0.496 e. The number of rotatable bonds is 3. The molecule has 1 aromatic carbocycles. The summed E-state index contributed by atoms with van der Waals surface area (Å²) in [5.41, 5.74) is 6.59. The number of nitrogens with two attached hydrogens (primary N) is 1. The van der Waals surface area contributed by atoms with Crippen molar-refractivity contribution in [2.24, 2.45) is 5.73 Å². The predicted octanol–water partition coefficient (Wildman–Crippen LogP) is 2.26. The fourth-order valence-electron chi connectivity index (χ4n) is 1.20. The van der Waals surface area contributed by atoms with Gasteiger partial charge in [0.2, 0.25) is 0 Å². The smallest absolute Gasteiger partial charge is 0.125 e. The highest BCUT2D eigenvalue weighted by atomic mass is 35.5. The SMILES string of the molecule is COc1cc(Cl)ccc1[C@H](N)CC#N. The number of benzene rings is 1. The first kappa shape index (κ1) is 10.8. The van der Waals surface area contributed by atoms with Gasteiger partial charge in [-0.1, -0.05) is 17.7 Å². The highest BCUT2D eigenvalue weighted by molar-refractivity contribution is 6.30. The molecule has 0 aromatic heterocycles. The van der Waals surface area contributed by atoms with E-state index >= 15 is 0 Å². The molecule has 2 N–H and O–H groups in total. The van der Waals surface area contributed by atoms with Crippen LogP contribution >= 0.6 is 11.6 Å². The summed E-state index contributed by atoms with van der Waals surface area (Å²) in [5.74, 6) is 0.625. The number of methoxy groups -OCH3 is 1. The molecule has 0 aliphatic rings. The minimum atomic E-state index is -0.327. The molecule has 0 saturated heterocycles. The second-order valence-corrected chi connectivity index (χ2v) is 3.29. The topological polar surface area (TPSA) is 59.0 Å². The van der Waals surface area contributed by atoms with E-state index in [1.165, 1.54) is 0 Å². The fraction of sp³-hybridized carbons (Fsp3) is 0.300. The number of nitrogens with zero attached hydrogens (tertiary/aromatic N) is 1. The van der Waals surface area contributed by atoms with Crippen LogP contribution in [0.1, 0.15) is 18.0 Å². The lowest BCUT2D eigenvalue weighted by Gasteiger charge is -2.12. The molecular formula is C10H11ClN2O. The fourth-order valence-corrected chi connectivity index (χ4v) is 1.36. The maximum absolute atomic E-state index is 8.52. The van der Waals surface area contributed by atoms with Crippen LogP contribution in [0.3, 0.4) is 0 Å². The Labute approximate surface area is 88.0 Å². The molecular weight excluding hydrogens is 200 g/mol. The van der Waals surface area contributed by atoms with Crippen LogP contribution < -0.4 is 10.5 Å². The van der Waals surface area contributed by atoms with Crippen molar-refractivity contribution in [3.8, 4) is 11.8 Å². The summed E-state index contributed by atoms with van der Waals surface area (Å²) in [6, 6.07) is 6.89. The Bertz CT molecular complexity index is 360. The molecule has 0 spiro atoms. The Hall–Kier alpha value is -1.24. The van der Waals surface area contributed by atoms with Crippen LogP contribution in [-0.4, -0.2) is 7.11 Å². The number of hydrogen-bond donors (Lipinski definition) is 1. The van der Waals surface area contributed by atoms with Gasteiger partial charge in [0.15, 0.2) is 0 Å². The molecule has 0 aliphatic heterocycles. The molecule has 0 heterocycles. The lowest BCUT2D eigenvalue weighted by atomic mass is 10.0. The van der Waals surface area contributed by atoms with Crippen molar-refractivity contribution in [1.82, 2.24) is 0 Å². The van der Waals surface area contributed by atoms with Crippen LogP contribution in [0.2, 0.25) is 5.02 Å². The van der Waals surface area contributed by atoms with Crippen LogP contribution in [0, 0.1) is 11.3 Å². The predicted molar refractivity (Wildman–Crippen MR) is 55.2 cm³/mol. The summed E-state index contributed by atoms with van der Waals surface area (Å²) in [7, 11) is 1.55. The monoisotopic (exact) mass is 210 g/mol. The van der Waals surface area contributed by atoms with E-state index in [1.807, 2.05) is 6.07 Å². The Balaban J connectivity index is 3.02. The lowest BCUT2D eigenvalue weighted by molar-refractivity contribution is 0.406. The zero-order valence-electron chi connectivity index (χ0n) is 7.83. The second kappa shape index (κ2) is 4.85. The van der Waals surface area contributed by atoms with Gasteiger partial charge >= 0.3 is 0 Å².